The van der Waals surface area contributed by atoms with Gasteiger partial charge in [0.15, 0.2) is 0 Å². The van der Waals surface area contributed by atoms with Crippen LogP contribution in [0.1, 0.15) is 52.9 Å². The molecule has 0 aromatic carbocycles. The first-order chi connectivity index (χ1) is 10.5. The topological polar surface area (TPSA) is 78.9 Å². The lowest BCUT2D eigenvalue weighted by Gasteiger charge is -2.06. The maximum absolute atomic E-state index is 11.7. The summed E-state index contributed by atoms with van der Waals surface area (Å²) in [6.45, 7) is 5.62. The molecule has 0 radical (unpaired) electrons. The molecular formula is C16H26O6. The highest BCUT2D eigenvalue weighted by Gasteiger charge is 2.20. The van der Waals surface area contributed by atoms with E-state index < -0.39 is 11.9 Å². The van der Waals surface area contributed by atoms with Crippen LogP contribution < -0.4 is 0 Å². The Labute approximate surface area is 131 Å². The van der Waals surface area contributed by atoms with Crippen molar-refractivity contribution in [2.24, 2.45) is 0 Å². The second kappa shape index (κ2) is 12.9. The summed E-state index contributed by atoms with van der Waals surface area (Å²) >= 11 is 0. The molecule has 0 aliphatic heterocycles. The predicted octanol–water partition coefficient (Wildman–Crippen LogP) is 2.55. The largest absolute Gasteiger partial charge is 0.466 e. The van der Waals surface area contributed by atoms with Gasteiger partial charge in [-0.05, 0) is 33.1 Å². The van der Waals surface area contributed by atoms with E-state index in [1.54, 1.807) is 19.9 Å². The average molecular weight is 314 g/mol. The fourth-order valence-corrected chi connectivity index (χ4v) is 1.73. The molecule has 0 N–H and O–H groups in total. The molecule has 0 aromatic heterocycles. The number of esters is 3. The molecule has 0 spiro atoms. The SMILES string of the molecule is CCOC(=O)C(=CCCCCCCOC(C)=O)C(=O)OCC. The first-order valence-electron chi connectivity index (χ1n) is 7.70. The van der Waals surface area contributed by atoms with Crippen molar-refractivity contribution in [2.75, 3.05) is 19.8 Å². The van der Waals surface area contributed by atoms with Crippen LogP contribution in [0.25, 0.3) is 0 Å². The van der Waals surface area contributed by atoms with Crippen molar-refractivity contribution >= 4 is 17.9 Å². The van der Waals surface area contributed by atoms with E-state index in [-0.39, 0.29) is 24.8 Å². The minimum atomic E-state index is -0.643. The van der Waals surface area contributed by atoms with Gasteiger partial charge in [0.2, 0.25) is 0 Å². The smallest absolute Gasteiger partial charge is 0.345 e. The number of rotatable bonds is 11. The van der Waals surface area contributed by atoms with Crippen molar-refractivity contribution in [3.05, 3.63) is 11.6 Å². The summed E-state index contributed by atoms with van der Waals surface area (Å²) < 4.78 is 14.5. The lowest BCUT2D eigenvalue weighted by atomic mass is 10.1. The van der Waals surface area contributed by atoms with Crippen molar-refractivity contribution in [1.29, 1.82) is 0 Å². The summed E-state index contributed by atoms with van der Waals surface area (Å²) in [6.07, 6.45) is 5.67. The van der Waals surface area contributed by atoms with Gasteiger partial charge in [-0.2, -0.15) is 0 Å². The third-order valence-corrected chi connectivity index (χ3v) is 2.74. The van der Waals surface area contributed by atoms with E-state index in [1.165, 1.54) is 6.92 Å². The van der Waals surface area contributed by atoms with Gasteiger partial charge < -0.3 is 14.2 Å². The number of carbonyl (C=O) groups is 3. The van der Waals surface area contributed by atoms with E-state index in [0.29, 0.717) is 13.0 Å². The van der Waals surface area contributed by atoms with E-state index in [1.807, 2.05) is 0 Å². The molecule has 0 rings (SSSR count). The van der Waals surface area contributed by atoms with Gasteiger partial charge in [0.25, 0.3) is 0 Å². The molecule has 0 heterocycles. The summed E-state index contributed by atoms with van der Waals surface area (Å²) in [5.74, 6) is -1.55. The Morgan fingerprint density at radius 3 is 1.86 bits per heavy atom. The number of hydrogen-bond donors (Lipinski definition) is 0. The van der Waals surface area contributed by atoms with Crippen LogP contribution in [0.2, 0.25) is 0 Å². The van der Waals surface area contributed by atoms with E-state index in [0.717, 1.165) is 25.7 Å². The van der Waals surface area contributed by atoms with Crippen LogP contribution in [-0.4, -0.2) is 37.7 Å². The maximum atomic E-state index is 11.7. The van der Waals surface area contributed by atoms with Crippen molar-refractivity contribution < 1.29 is 28.6 Å². The number of carbonyl (C=O) groups excluding carboxylic acids is 3. The molecule has 0 saturated heterocycles. The van der Waals surface area contributed by atoms with Crippen LogP contribution in [0, 0.1) is 0 Å². The summed E-state index contributed by atoms with van der Waals surface area (Å²) in [7, 11) is 0. The van der Waals surface area contributed by atoms with Gasteiger partial charge in [-0.3, -0.25) is 4.79 Å². The van der Waals surface area contributed by atoms with E-state index in [2.05, 4.69) is 0 Å². The lowest BCUT2D eigenvalue weighted by molar-refractivity contribution is -0.146. The van der Waals surface area contributed by atoms with Gasteiger partial charge in [-0.1, -0.05) is 18.9 Å². The normalized spacial score (nSPS) is 9.77. The molecule has 0 fully saturated rings. The Morgan fingerprint density at radius 1 is 0.818 bits per heavy atom. The second-order valence-electron chi connectivity index (χ2n) is 4.60. The maximum Gasteiger partial charge on any atom is 0.345 e. The van der Waals surface area contributed by atoms with Gasteiger partial charge in [-0.15, -0.1) is 0 Å². The van der Waals surface area contributed by atoms with Gasteiger partial charge in [0, 0.05) is 6.92 Å². The highest BCUT2D eigenvalue weighted by Crippen LogP contribution is 2.09. The van der Waals surface area contributed by atoms with Crippen molar-refractivity contribution in [1.82, 2.24) is 0 Å². The van der Waals surface area contributed by atoms with Crippen LogP contribution in [0.5, 0.6) is 0 Å². The zero-order valence-electron chi connectivity index (χ0n) is 13.7. The number of hydrogen-bond acceptors (Lipinski definition) is 6. The van der Waals surface area contributed by atoms with Gasteiger partial charge in [0.05, 0.1) is 19.8 Å². The quantitative estimate of drug-likeness (QED) is 0.146. The minimum Gasteiger partial charge on any atom is -0.466 e. The Hall–Kier alpha value is -1.85. The Balaban J connectivity index is 4.11. The van der Waals surface area contributed by atoms with Crippen LogP contribution in [0.3, 0.4) is 0 Å². The zero-order chi connectivity index (χ0) is 16.8. The third-order valence-electron chi connectivity index (χ3n) is 2.74. The van der Waals surface area contributed by atoms with Gasteiger partial charge in [-0.25, -0.2) is 9.59 Å². The van der Waals surface area contributed by atoms with Crippen molar-refractivity contribution in [3.63, 3.8) is 0 Å². The number of ether oxygens (including phenoxy) is 3. The van der Waals surface area contributed by atoms with Crippen molar-refractivity contribution in [2.45, 2.75) is 52.9 Å². The van der Waals surface area contributed by atoms with E-state index >= 15 is 0 Å². The molecule has 0 saturated carbocycles. The summed E-state index contributed by atoms with van der Waals surface area (Å²) in [4.78, 5) is 33.9. The molecule has 0 aliphatic rings. The summed E-state index contributed by atoms with van der Waals surface area (Å²) in [5, 5.41) is 0. The molecule has 6 nitrogen and oxygen atoms in total. The molecule has 0 atom stereocenters. The molecule has 0 aromatic rings. The molecule has 0 amide bonds. The predicted molar refractivity (Wildman–Crippen MR) is 81.1 cm³/mol. The first kappa shape index (κ1) is 20.1. The Morgan fingerprint density at radius 2 is 1.36 bits per heavy atom. The van der Waals surface area contributed by atoms with Crippen LogP contribution >= 0.6 is 0 Å². The molecular weight excluding hydrogens is 288 g/mol. The van der Waals surface area contributed by atoms with E-state index in [4.69, 9.17) is 14.2 Å². The summed E-state index contributed by atoms with van der Waals surface area (Å²) in [5.41, 5.74) is -0.0383. The van der Waals surface area contributed by atoms with Gasteiger partial charge >= 0.3 is 17.9 Å². The van der Waals surface area contributed by atoms with Crippen LogP contribution in [0.15, 0.2) is 11.6 Å². The monoisotopic (exact) mass is 314 g/mol. The minimum absolute atomic E-state index is 0.0383. The highest BCUT2D eigenvalue weighted by molar-refractivity contribution is 6.14. The van der Waals surface area contributed by atoms with Crippen LogP contribution in [0.4, 0.5) is 0 Å². The van der Waals surface area contributed by atoms with Crippen LogP contribution in [-0.2, 0) is 28.6 Å². The molecule has 0 bridgehead atoms. The first-order valence-corrected chi connectivity index (χ1v) is 7.70. The third kappa shape index (κ3) is 9.96. The Bertz CT molecular complexity index is 366. The standard InChI is InChI=1S/C16H26O6/c1-4-20-15(18)14(16(19)21-5-2)11-9-7-6-8-10-12-22-13(3)17/h11H,4-10,12H2,1-3H3. The molecule has 0 aliphatic carbocycles. The molecule has 22 heavy (non-hydrogen) atoms. The zero-order valence-corrected chi connectivity index (χ0v) is 13.7. The second-order valence-corrected chi connectivity index (χ2v) is 4.60. The van der Waals surface area contributed by atoms with Gasteiger partial charge in [0.1, 0.15) is 5.57 Å². The van der Waals surface area contributed by atoms with E-state index in [9.17, 15) is 14.4 Å². The molecule has 0 unspecified atom stereocenters. The fraction of sp³-hybridized carbons (Fsp3) is 0.688. The number of unbranched alkanes of at least 4 members (excludes halogenated alkanes) is 4. The average Bonchev–Trinajstić information content (AvgIpc) is 2.45. The highest BCUT2D eigenvalue weighted by atomic mass is 16.6. The summed E-state index contributed by atoms with van der Waals surface area (Å²) in [6, 6.07) is 0. The fourth-order valence-electron chi connectivity index (χ4n) is 1.73. The number of allylic oxidation sites excluding steroid dienone is 1. The lowest BCUT2D eigenvalue weighted by Crippen LogP contribution is -2.18. The Kier molecular flexibility index (Phi) is 11.8. The molecule has 126 valence electrons. The molecule has 6 heteroatoms. The van der Waals surface area contributed by atoms with Crippen molar-refractivity contribution in [3.8, 4) is 0 Å².